The van der Waals surface area contributed by atoms with Gasteiger partial charge >= 0.3 is 0 Å². The molecule has 1 saturated heterocycles. The van der Waals surface area contributed by atoms with Crippen molar-refractivity contribution in [3.8, 4) is 0 Å². The van der Waals surface area contributed by atoms with E-state index in [1.54, 1.807) is 0 Å². The molecule has 3 aromatic carbocycles. The fourth-order valence-electron chi connectivity index (χ4n) is 4.18. The minimum atomic E-state index is -0.104. The standard InChI is InChI=1S/C26H25N3O2/c30-26(27-22-11-5-7-13-24(22)28-14-16-31-17-15-28)25-18-21-10-4-6-12-23(21)29(25)19-20-8-2-1-3-9-20/h1-13,18H,14-17,19H2,(H,27,30). The summed E-state index contributed by atoms with van der Waals surface area (Å²) >= 11 is 0. The monoisotopic (exact) mass is 411 g/mol. The number of aromatic nitrogens is 1. The van der Waals surface area contributed by atoms with Crippen LogP contribution in [0.15, 0.2) is 84.9 Å². The average molecular weight is 412 g/mol. The van der Waals surface area contributed by atoms with Gasteiger partial charge < -0.3 is 19.5 Å². The number of carbonyl (C=O) groups excluding carboxylic acids is 1. The molecule has 0 aliphatic carbocycles. The molecule has 1 aromatic heterocycles. The summed E-state index contributed by atoms with van der Waals surface area (Å²) < 4.78 is 7.58. The molecule has 5 rings (SSSR count). The van der Waals surface area contributed by atoms with Gasteiger partial charge in [0.2, 0.25) is 0 Å². The molecule has 5 heteroatoms. The molecule has 0 unspecified atom stereocenters. The molecule has 2 heterocycles. The minimum absolute atomic E-state index is 0.104. The van der Waals surface area contributed by atoms with E-state index in [0.29, 0.717) is 25.5 Å². The fraction of sp³-hybridized carbons (Fsp3) is 0.192. The molecule has 1 aliphatic heterocycles. The van der Waals surface area contributed by atoms with Gasteiger partial charge in [-0.1, -0.05) is 60.7 Å². The van der Waals surface area contributed by atoms with Gasteiger partial charge in [0, 0.05) is 30.5 Å². The van der Waals surface area contributed by atoms with Crippen molar-refractivity contribution in [3.63, 3.8) is 0 Å². The number of hydrogen-bond donors (Lipinski definition) is 1. The summed E-state index contributed by atoms with van der Waals surface area (Å²) in [6.45, 7) is 3.69. The Labute approximate surface area is 181 Å². The van der Waals surface area contributed by atoms with E-state index in [-0.39, 0.29) is 5.91 Å². The van der Waals surface area contributed by atoms with Crippen LogP contribution in [0.3, 0.4) is 0 Å². The van der Waals surface area contributed by atoms with Gasteiger partial charge in [-0.2, -0.15) is 0 Å². The van der Waals surface area contributed by atoms with Gasteiger partial charge in [-0.25, -0.2) is 0 Å². The highest BCUT2D eigenvalue weighted by molar-refractivity contribution is 6.07. The largest absolute Gasteiger partial charge is 0.378 e. The summed E-state index contributed by atoms with van der Waals surface area (Å²) in [6.07, 6.45) is 0. The fourth-order valence-corrected chi connectivity index (χ4v) is 4.18. The van der Waals surface area contributed by atoms with Crippen LogP contribution in [0.25, 0.3) is 10.9 Å². The number of hydrogen-bond acceptors (Lipinski definition) is 3. The van der Waals surface area contributed by atoms with Gasteiger partial charge in [0.1, 0.15) is 5.69 Å². The van der Waals surface area contributed by atoms with Crippen LogP contribution >= 0.6 is 0 Å². The van der Waals surface area contributed by atoms with Crippen LogP contribution in [0.1, 0.15) is 16.1 Å². The highest BCUT2D eigenvalue weighted by Crippen LogP contribution is 2.28. The number of fused-ring (bicyclic) bond motifs is 1. The maximum atomic E-state index is 13.5. The third-order valence-corrected chi connectivity index (χ3v) is 5.73. The number of amides is 1. The first-order valence-corrected chi connectivity index (χ1v) is 10.6. The first kappa shape index (κ1) is 19.4. The van der Waals surface area contributed by atoms with E-state index >= 15 is 0 Å². The maximum absolute atomic E-state index is 13.5. The van der Waals surface area contributed by atoms with Crippen molar-refractivity contribution in [1.82, 2.24) is 4.57 Å². The van der Waals surface area contributed by atoms with Crippen LogP contribution in [0.4, 0.5) is 11.4 Å². The number of nitrogens with one attached hydrogen (secondary N) is 1. The van der Waals surface area contributed by atoms with Gasteiger partial charge in [0.05, 0.1) is 24.6 Å². The molecule has 1 amide bonds. The van der Waals surface area contributed by atoms with E-state index in [1.807, 2.05) is 54.6 Å². The lowest BCUT2D eigenvalue weighted by atomic mass is 10.2. The van der Waals surface area contributed by atoms with E-state index in [4.69, 9.17) is 4.74 Å². The maximum Gasteiger partial charge on any atom is 0.272 e. The summed E-state index contributed by atoms with van der Waals surface area (Å²) in [5.74, 6) is -0.104. The lowest BCUT2D eigenvalue weighted by Gasteiger charge is -2.30. The first-order chi connectivity index (χ1) is 15.3. The topological polar surface area (TPSA) is 46.5 Å². The van der Waals surface area contributed by atoms with Crippen molar-refractivity contribution >= 4 is 28.2 Å². The number of anilines is 2. The normalized spacial score (nSPS) is 14.0. The molecule has 1 fully saturated rings. The molecule has 0 saturated carbocycles. The Morgan fingerprint density at radius 3 is 2.42 bits per heavy atom. The number of benzene rings is 3. The van der Waals surface area contributed by atoms with Crippen LogP contribution in [-0.2, 0) is 11.3 Å². The smallest absolute Gasteiger partial charge is 0.272 e. The van der Waals surface area contributed by atoms with Crippen molar-refractivity contribution in [2.24, 2.45) is 0 Å². The molecule has 0 spiro atoms. The quantitative estimate of drug-likeness (QED) is 0.514. The molecule has 1 N–H and O–H groups in total. The molecule has 0 atom stereocenters. The summed E-state index contributed by atoms with van der Waals surface area (Å²) in [7, 11) is 0. The molecule has 5 nitrogen and oxygen atoms in total. The van der Waals surface area contributed by atoms with E-state index in [9.17, 15) is 4.79 Å². The van der Waals surface area contributed by atoms with E-state index in [0.717, 1.165) is 40.9 Å². The molecule has 0 bridgehead atoms. The number of morpholine rings is 1. The Morgan fingerprint density at radius 1 is 0.871 bits per heavy atom. The molecule has 31 heavy (non-hydrogen) atoms. The van der Waals surface area contributed by atoms with Gasteiger partial charge in [-0.3, -0.25) is 4.79 Å². The molecule has 0 radical (unpaired) electrons. The van der Waals surface area contributed by atoms with Gasteiger partial charge in [0.15, 0.2) is 0 Å². The minimum Gasteiger partial charge on any atom is -0.378 e. The summed E-state index contributed by atoms with van der Waals surface area (Å²) in [5.41, 5.74) is 4.72. The average Bonchev–Trinajstić information content (AvgIpc) is 3.19. The summed E-state index contributed by atoms with van der Waals surface area (Å²) in [4.78, 5) is 15.7. The Hall–Kier alpha value is -3.57. The van der Waals surface area contributed by atoms with Crippen molar-refractivity contribution in [2.45, 2.75) is 6.54 Å². The van der Waals surface area contributed by atoms with Gasteiger partial charge in [-0.15, -0.1) is 0 Å². The number of para-hydroxylation sites is 3. The van der Waals surface area contributed by atoms with Crippen molar-refractivity contribution in [2.75, 3.05) is 36.5 Å². The first-order valence-electron chi connectivity index (χ1n) is 10.6. The summed E-state index contributed by atoms with van der Waals surface area (Å²) in [6, 6.07) is 28.3. The highest BCUT2D eigenvalue weighted by atomic mass is 16.5. The molecule has 156 valence electrons. The zero-order valence-corrected chi connectivity index (χ0v) is 17.3. The lowest BCUT2D eigenvalue weighted by molar-refractivity contribution is 0.101. The Morgan fingerprint density at radius 2 is 1.58 bits per heavy atom. The van der Waals surface area contributed by atoms with Crippen LogP contribution in [-0.4, -0.2) is 36.8 Å². The Bertz CT molecular complexity index is 1190. The molecule has 1 aliphatic rings. The second kappa shape index (κ2) is 8.66. The number of rotatable bonds is 5. The van der Waals surface area contributed by atoms with Crippen LogP contribution in [0, 0.1) is 0 Å². The third-order valence-electron chi connectivity index (χ3n) is 5.73. The zero-order chi connectivity index (χ0) is 21.0. The SMILES string of the molecule is O=C(Nc1ccccc1N1CCOCC1)c1cc2ccccc2n1Cc1ccccc1. The number of carbonyl (C=O) groups is 1. The van der Waals surface area contributed by atoms with E-state index in [2.05, 4.69) is 45.1 Å². The zero-order valence-electron chi connectivity index (χ0n) is 17.3. The molecular formula is C26H25N3O2. The molecular weight excluding hydrogens is 386 g/mol. The third kappa shape index (κ3) is 4.05. The van der Waals surface area contributed by atoms with Crippen LogP contribution in [0.2, 0.25) is 0 Å². The van der Waals surface area contributed by atoms with Crippen molar-refractivity contribution < 1.29 is 9.53 Å². The second-order valence-electron chi connectivity index (χ2n) is 7.73. The van der Waals surface area contributed by atoms with Crippen molar-refractivity contribution in [3.05, 3.63) is 96.2 Å². The van der Waals surface area contributed by atoms with Crippen LogP contribution < -0.4 is 10.2 Å². The lowest BCUT2D eigenvalue weighted by Crippen LogP contribution is -2.36. The predicted octanol–water partition coefficient (Wildman–Crippen LogP) is 4.78. The Balaban J connectivity index is 1.49. The number of ether oxygens (including phenoxy) is 1. The van der Waals surface area contributed by atoms with E-state index in [1.165, 1.54) is 0 Å². The highest BCUT2D eigenvalue weighted by Gasteiger charge is 2.19. The number of nitrogens with zero attached hydrogens (tertiary/aromatic N) is 2. The van der Waals surface area contributed by atoms with E-state index < -0.39 is 0 Å². The van der Waals surface area contributed by atoms with Gasteiger partial charge in [-0.05, 0) is 29.8 Å². The van der Waals surface area contributed by atoms with Crippen LogP contribution in [0.5, 0.6) is 0 Å². The summed E-state index contributed by atoms with van der Waals surface area (Å²) in [5, 5.41) is 4.23. The molecule has 4 aromatic rings. The predicted molar refractivity (Wildman–Crippen MR) is 125 cm³/mol. The second-order valence-corrected chi connectivity index (χ2v) is 7.73. The van der Waals surface area contributed by atoms with Crippen molar-refractivity contribution in [1.29, 1.82) is 0 Å². The Kier molecular flexibility index (Phi) is 5.42. The van der Waals surface area contributed by atoms with Gasteiger partial charge in [0.25, 0.3) is 5.91 Å².